The third-order valence-corrected chi connectivity index (χ3v) is 3.94. The molecule has 0 aliphatic carbocycles. The van der Waals surface area contributed by atoms with Crippen molar-refractivity contribution in [2.45, 2.75) is 24.8 Å². The second kappa shape index (κ2) is 4.62. The van der Waals surface area contributed by atoms with E-state index < -0.39 is 0 Å². The standard InChI is InChI=1S/C14H15ClN2O2/c1-14(6-7-19-9-14)17-12(8-15)16-11-5-3-2-4-10(11)13(17)18/h2-5H,6-9H2,1H3. The lowest BCUT2D eigenvalue weighted by molar-refractivity contribution is 0.158. The molecule has 2 heterocycles. The Labute approximate surface area is 116 Å². The number of benzene rings is 1. The SMILES string of the molecule is CC1(n2c(CCl)nc3ccccc3c2=O)CCOC1. The molecule has 1 aliphatic rings. The molecule has 19 heavy (non-hydrogen) atoms. The van der Waals surface area contributed by atoms with E-state index in [2.05, 4.69) is 4.98 Å². The third kappa shape index (κ3) is 1.95. The van der Waals surface area contributed by atoms with E-state index >= 15 is 0 Å². The lowest BCUT2D eigenvalue weighted by Crippen LogP contribution is -2.41. The van der Waals surface area contributed by atoms with E-state index in [1.807, 2.05) is 25.1 Å². The van der Waals surface area contributed by atoms with Crippen molar-refractivity contribution in [3.63, 3.8) is 0 Å². The minimum Gasteiger partial charge on any atom is -0.379 e. The predicted octanol–water partition coefficient (Wildman–Crippen LogP) is 2.27. The molecular weight excluding hydrogens is 264 g/mol. The molecule has 0 spiro atoms. The molecule has 1 aliphatic heterocycles. The lowest BCUT2D eigenvalue weighted by atomic mass is 10.0. The van der Waals surface area contributed by atoms with Crippen LogP contribution in [0.4, 0.5) is 0 Å². The van der Waals surface area contributed by atoms with E-state index in [4.69, 9.17) is 16.3 Å². The quantitative estimate of drug-likeness (QED) is 0.792. The maximum atomic E-state index is 12.7. The van der Waals surface area contributed by atoms with Gasteiger partial charge >= 0.3 is 0 Å². The summed E-state index contributed by atoms with van der Waals surface area (Å²) in [5.41, 5.74) is 0.314. The highest BCUT2D eigenvalue weighted by Crippen LogP contribution is 2.27. The first-order chi connectivity index (χ1) is 9.15. The molecule has 0 saturated carbocycles. The van der Waals surface area contributed by atoms with Crippen molar-refractivity contribution in [2.75, 3.05) is 13.2 Å². The second-order valence-electron chi connectivity index (χ2n) is 5.12. The number of alkyl halides is 1. The van der Waals surface area contributed by atoms with Crippen LogP contribution in [0, 0.1) is 0 Å². The highest BCUT2D eigenvalue weighted by Gasteiger charge is 2.34. The molecule has 1 unspecified atom stereocenters. The Bertz CT molecular complexity index is 675. The van der Waals surface area contributed by atoms with Crippen LogP contribution in [0.2, 0.25) is 0 Å². The maximum Gasteiger partial charge on any atom is 0.262 e. The molecule has 1 saturated heterocycles. The largest absolute Gasteiger partial charge is 0.379 e. The van der Waals surface area contributed by atoms with Crippen LogP contribution in [0.1, 0.15) is 19.2 Å². The van der Waals surface area contributed by atoms with Gasteiger partial charge in [-0.25, -0.2) is 4.98 Å². The average Bonchev–Trinajstić information content (AvgIpc) is 2.86. The van der Waals surface area contributed by atoms with Crippen molar-refractivity contribution in [2.24, 2.45) is 0 Å². The van der Waals surface area contributed by atoms with Gasteiger partial charge in [0.2, 0.25) is 0 Å². The number of hydrogen-bond donors (Lipinski definition) is 0. The Morgan fingerprint density at radius 2 is 2.26 bits per heavy atom. The number of rotatable bonds is 2. The molecule has 5 heteroatoms. The summed E-state index contributed by atoms with van der Waals surface area (Å²) in [4.78, 5) is 17.2. The summed E-state index contributed by atoms with van der Waals surface area (Å²) in [7, 11) is 0. The molecule has 2 aromatic rings. The normalized spacial score (nSPS) is 23.1. The van der Waals surface area contributed by atoms with E-state index in [-0.39, 0.29) is 17.0 Å². The van der Waals surface area contributed by atoms with E-state index in [9.17, 15) is 4.79 Å². The zero-order valence-corrected chi connectivity index (χ0v) is 11.5. The number of halogens is 1. The van der Waals surface area contributed by atoms with Gasteiger partial charge in [-0.3, -0.25) is 9.36 Å². The predicted molar refractivity (Wildman–Crippen MR) is 74.6 cm³/mol. The first-order valence-corrected chi connectivity index (χ1v) is 6.84. The summed E-state index contributed by atoms with van der Waals surface area (Å²) >= 11 is 5.98. The Morgan fingerprint density at radius 1 is 1.47 bits per heavy atom. The topological polar surface area (TPSA) is 44.1 Å². The molecule has 100 valence electrons. The van der Waals surface area contributed by atoms with E-state index in [0.29, 0.717) is 29.9 Å². The van der Waals surface area contributed by atoms with Crippen molar-refractivity contribution >= 4 is 22.5 Å². The Morgan fingerprint density at radius 3 is 2.95 bits per heavy atom. The third-order valence-electron chi connectivity index (χ3n) is 3.70. The van der Waals surface area contributed by atoms with Crippen molar-refractivity contribution in [3.05, 3.63) is 40.4 Å². The molecule has 1 aromatic heterocycles. The minimum absolute atomic E-state index is 0.0331. The number of ether oxygens (including phenoxy) is 1. The zero-order valence-electron chi connectivity index (χ0n) is 10.7. The van der Waals surface area contributed by atoms with Crippen LogP contribution in [0.25, 0.3) is 10.9 Å². The van der Waals surface area contributed by atoms with Gasteiger partial charge in [-0.1, -0.05) is 12.1 Å². The lowest BCUT2D eigenvalue weighted by Gasteiger charge is -2.27. The highest BCUT2D eigenvalue weighted by atomic mass is 35.5. The van der Waals surface area contributed by atoms with Crippen molar-refractivity contribution in [1.29, 1.82) is 0 Å². The molecule has 1 atom stereocenters. The molecule has 1 fully saturated rings. The summed E-state index contributed by atoms with van der Waals surface area (Å²) in [6.45, 7) is 3.21. The van der Waals surface area contributed by atoms with Gasteiger partial charge in [0.25, 0.3) is 5.56 Å². The first kappa shape index (κ1) is 12.6. The average molecular weight is 279 g/mol. The van der Waals surface area contributed by atoms with Crippen molar-refractivity contribution in [3.8, 4) is 0 Å². The maximum absolute atomic E-state index is 12.7. The van der Waals surface area contributed by atoms with Gasteiger partial charge in [0.15, 0.2) is 0 Å². The van der Waals surface area contributed by atoms with Crippen molar-refractivity contribution < 1.29 is 4.74 Å². The summed E-state index contributed by atoms with van der Waals surface area (Å²) in [6.07, 6.45) is 0.802. The van der Waals surface area contributed by atoms with Crippen LogP contribution in [-0.4, -0.2) is 22.8 Å². The van der Waals surface area contributed by atoms with Gasteiger partial charge in [-0.05, 0) is 25.5 Å². The van der Waals surface area contributed by atoms with E-state index in [0.717, 1.165) is 6.42 Å². The summed E-state index contributed by atoms with van der Waals surface area (Å²) in [5.74, 6) is 0.828. The molecule has 1 aromatic carbocycles. The second-order valence-corrected chi connectivity index (χ2v) is 5.39. The summed E-state index contributed by atoms with van der Waals surface area (Å²) < 4.78 is 7.17. The molecule has 3 rings (SSSR count). The van der Waals surface area contributed by atoms with Crippen molar-refractivity contribution in [1.82, 2.24) is 9.55 Å². The molecule has 4 nitrogen and oxygen atoms in total. The van der Waals surface area contributed by atoms with Gasteiger partial charge in [-0.2, -0.15) is 0 Å². The smallest absolute Gasteiger partial charge is 0.262 e. The number of nitrogens with zero attached hydrogens (tertiary/aromatic N) is 2. The van der Waals surface area contributed by atoms with Crippen LogP contribution in [0.15, 0.2) is 29.1 Å². The fourth-order valence-corrected chi connectivity index (χ4v) is 2.84. The first-order valence-electron chi connectivity index (χ1n) is 6.30. The number of para-hydroxylation sites is 1. The fraction of sp³-hybridized carbons (Fsp3) is 0.429. The number of hydrogen-bond acceptors (Lipinski definition) is 3. The number of fused-ring (bicyclic) bond motifs is 1. The van der Waals surface area contributed by atoms with Crippen LogP contribution in [0.5, 0.6) is 0 Å². The van der Waals surface area contributed by atoms with Gasteiger partial charge in [0, 0.05) is 6.61 Å². The molecule has 0 N–H and O–H groups in total. The Balaban J connectivity index is 2.34. The van der Waals surface area contributed by atoms with Gasteiger partial charge in [-0.15, -0.1) is 11.6 Å². The van der Waals surface area contributed by atoms with Crippen LogP contribution in [0.3, 0.4) is 0 Å². The van der Waals surface area contributed by atoms with Crippen LogP contribution < -0.4 is 5.56 Å². The molecule has 0 bridgehead atoms. The van der Waals surface area contributed by atoms with Crippen LogP contribution in [-0.2, 0) is 16.2 Å². The fourth-order valence-electron chi connectivity index (χ4n) is 2.66. The molecule has 0 amide bonds. The summed E-state index contributed by atoms with van der Waals surface area (Å²) in [6, 6.07) is 7.37. The van der Waals surface area contributed by atoms with Gasteiger partial charge < -0.3 is 4.74 Å². The zero-order chi connectivity index (χ0) is 13.5. The highest BCUT2D eigenvalue weighted by molar-refractivity contribution is 6.16. The monoisotopic (exact) mass is 278 g/mol. The molecular formula is C14H15ClN2O2. The van der Waals surface area contributed by atoms with E-state index in [1.54, 1.807) is 10.6 Å². The Hall–Kier alpha value is -1.39. The number of aromatic nitrogens is 2. The van der Waals surface area contributed by atoms with Crippen LogP contribution >= 0.6 is 11.6 Å². The minimum atomic E-state index is -0.349. The summed E-state index contributed by atoms with van der Waals surface area (Å²) in [5, 5.41) is 0.629. The van der Waals surface area contributed by atoms with Gasteiger partial charge in [0.05, 0.1) is 28.9 Å². The Kier molecular flexibility index (Phi) is 3.07. The van der Waals surface area contributed by atoms with E-state index in [1.165, 1.54) is 0 Å². The van der Waals surface area contributed by atoms with Gasteiger partial charge in [0.1, 0.15) is 5.82 Å². The molecule has 0 radical (unpaired) electrons.